The molecule has 1 fully saturated rings. The lowest BCUT2D eigenvalue weighted by Gasteiger charge is -2.38. The molecule has 3 amide bonds. The summed E-state index contributed by atoms with van der Waals surface area (Å²) in [5.41, 5.74) is 1.70. The predicted molar refractivity (Wildman–Crippen MR) is 119 cm³/mol. The van der Waals surface area contributed by atoms with Gasteiger partial charge >= 0.3 is 0 Å². The molecule has 4 rings (SSSR count). The molecule has 168 valence electrons. The summed E-state index contributed by atoms with van der Waals surface area (Å²) in [4.78, 5) is 38.7. The average Bonchev–Trinajstić information content (AvgIpc) is 3.08. The fourth-order valence-electron chi connectivity index (χ4n) is 4.58. The molecule has 0 radical (unpaired) electrons. The van der Waals surface area contributed by atoms with Gasteiger partial charge in [0, 0.05) is 43.7 Å². The summed E-state index contributed by atoms with van der Waals surface area (Å²) < 4.78 is 11.1. The highest BCUT2D eigenvalue weighted by Crippen LogP contribution is 2.39. The van der Waals surface area contributed by atoms with E-state index in [1.165, 1.54) is 4.90 Å². The number of imide groups is 1. The first-order valence-electron chi connectivity index (χ1n) is 11.0. The van der Waals surface area contributed by atoms with Gasteiger partial charge in [0.1, 0.15) is 5.75 Å². The third kappa shape index (κ3) is 4.25. The largest absolute Gasteiger partial charge is 0.496 e. The van der Waals surface area contributed by atoms with Gasteiger partial charge in [0.2, 0.25) is 5.91 Å². The number of nitrogens with one attached hydrogen (secondary N) is 1. The molecule has 0 atom stereocenters. The number of amides is 3. The molecule has 2 aromatic rings. The van der Waals surface area contributed by atoms with Crippen LogP contribution in [0.25, 0.3) is 0 Å². The highest BCUT2D eigenvalue weighted by Gasteiger charge is 2.37. The lowest BCUT2D eigenvalue weighted by Crippen LogP contribution is -2.45. The maximum absolute atomic E-state index is 12.6. The van der Waals surface area contributed by atoms with Gasteiger partial charge in [-0.2, -0.15) is 0 Å². The summed E-state index contributed by atoms with van der Waals surface area (Å²) in [5, 5.41) is 3.07. The van der Waals surface area contributed by atoms with E-state index in [-0.39, 0.29) is 36.1 Å². The molecule has 1 N–H and O–H groups in total. The van der Waals surface area contributed by atoms with Crippen LogP contribution in [0.4, 0.5) is 0 Å². The van der Waals surface area contributed by atoms with E-state index in [1.807, 2.05) is 18.2 Å². The molecule has 2 aliphatic rings. The number of hydrogen-bond acceptors (Lipinski definition) is 5. The second-order valence-corrected chi connectivity index (χ2v) is 8.28. The fraction of sp³-hybridized carbons (Fsp3) is 0.400. The Hall–Kier alpha value is -3.19. The van der Waals surface area contributed by atoms with Crippen LogP contribution < -0.4 is 10.1 Å². The Bertz CT molecular complexity index is 978. The highest BCUT2D eigenvalue weighted by molar-refractivity contribution is 6.21. The summed E-state index contributed by atoms with van der Waals surface area (Å²) in [6.45, 7) is 1.98. The van der Waals surface area contributed by atoms with Crippen LogP contribution in [0.2, 0.25) is 0 Å². The molecule has 32 heavy (non-hydrogen) atoms. The van der Waals surface area contributed by atoms with Gasteiger partial charge in [-0.1, -0.05) is 30.3 Å². The first-order valence-corrected chi connectivity index (χ1v) is 11.0. The molecule has 0 spiro atoms. The van der Waals surface area contributed by atoms with Crippen molar-refractivity contribution < 1.29 is 23.9 Å². The Morgan fingerprint density at radius 3 is 2.31 bits per heavy atom. The van der Waals surface area contributed by atoms with Crippen molar-refractivity contribution in [3.05, 3.63) is 65.2 Å². The van der Waals surface area contributed by atoms with E-state index >= 15 is 0 Å². The molecule has 7 nitrogen and oxygen atoms in total. The molecular weight excluding hydrogens is 408 g/mol. The van der Waals surface area contributed by atoms with Crippen molar-refractivity contribution in [2.75, 3.05) is 33.4 Å². The van der Waals surface area contributed by atoms with Crippen LogP contribution in [-0.2, 0) is 14.9 Å². The number of rotatable bonds is 8. The first kappa shape index (κ1) is 22.0. The van der Waals surface area contributed by atoms with Crippen LogP contribution in [0.15, 0.2) is 48.5 Å². The van der Waals surface area contributed by atoms with Crippen LogP contribution in [-0.4, -0.2) is 56.0 Å². The van der Waals surface area contributed by atoms with Crippen molar-refractivity contribution in [2.24, 2.45) is 0 Å². The van der Waals surface area contributed by atoms with Crippen LogP contribution in [0.3, 0.4) is 0 Å². The van der Waals surface area contributed by atoms with Gasteiger partial charge in [-0.25, -0.2) is 0 Å². The van der Waals surface area contributed by atoms with Crippen molar-refractivity contribution in [3.63, 3.8) is 0 Å². The predicted octanol–water partition coefficient (Wildman–Crippen LogP) is 2.94. The van der Waals surface area contributed by atoms with Gasteiger partial charge in [0.15, 0.2) is 0 Å². The Kier molecular flexibility index (Phi) is 6.55. The number of ether oxygens (including phenoxy) is 2. The minimum atomic E-state index is -0.289. The van der Waals surface area contributed by atoms with Crippen LogP contribution in [0, 0.1) is 0 Å². The van der Waals surface area contributed by atoms with Crippen LogP contribution in [0.1, 0.15) is 52.0 Å². The Balaban J connectivity index is 1.34. The summed E-state index contributed by atoms with van der Waals surface area (Å²) in [7, 11) is 1.66. The number of carbonyl (C=O) groups is 3. The molecule has 2 aliphatic heterocycles. The summed E-state index contributed by atoms with van der Waals surface area (Å²) in [5.74, 6) is 0.142. The van der Waals surface area contributed by atoms with Crippen LogP contribution in [0.5, 0.6) is 5.75 Å². The standard InChI is InChI=1S/C25H28N2O5/c1-31-21-10-5-4-9-20(21)25(12-15-32-16-13-25)17-26-22(28)11-6-14-27-23(29)18-7-2-3-8-19(18)24(27)30/h2-5,7-10H,6,11-17H2,1H3,(H,26,28). The molecule has 0 unspecified atom stereocenters. The van der Waals surface area contributed by atoms with Gasteiger partial charge in [0.25, 0.3) is 11.8 Å². The second-order valence-electron chi connectivity index (χ2n) is 8.28. The molecular formula is C25H28N2O5. The number of para-hydroxylation sites is 1. The lowest BCUT2D eigenvalue weighted by molar-refractivity contribution is -0.121. The van der Waals surface area contributed by atoms with E-state index in [1.54, 1.807) is 31.4 Å². The highest BCUT2D eigenvalue weighted by atomic mass is 16.5. The summed E-state index contributed by atoms with van der Waals surface area (Å²) in [6.07, 6.45) is 2.25. The Morgan fingerprint density at radius 2 is 1.66 bits per heavy atom. The van der Waals surface area contributed by atoms with E-state index in [9.17, 15) is 14.4 Å². The molecule has 0 saturated carbocycles. The quantitative estimate of drug-likeness (QED) is 0.643. The van der Waals surface area contributed by atoms with E-state index in [4.69, 9.17) is 9.47 Å². The van der Waals surface area contributed by atoms with E-state index in [0.717, 1.165) is 24.2 Å². The van der Waals surface area contributed by atoms with Gasteiger partial charge in [-0.15, -0.1) is 0 Å². The molecule has 2 heterocycles. The minimum Gasteiger partial charge on any atom is -0.496 e. The number of fused-ring (bicyclic) bond motifs is 1. The van der Waals surface area contributed by atoms with Crippen molar-refractivity contribution in [2.45, 2.75) is 31.1 Å². The third-order valence-electron chi connectivity index (χ3n) is 6.42. The van der Waals surface area contributed by atoms with Crippen molar-refractivity contribution in [3.8, 4) is 5.75 Å². The first-order chi connectivity index (χ1) is 15.6. The molecule has 0 bridgehead atoms. The zero-order valence-electron chi connectivity index (χ0n) is 18.3. The molecule has 0 aromatic heterocycles. The summed E-state index contributed by atoms with van der Waals surface area (Å²) >= 11 is 0. The van der Waals surface area contributed by atoms with E-state index in [2.05, 4.69) is 11.4 Å². The zero-order chi connectivity index (χ0) is 22.6. The Morgan fingerprint density at radius 1 is 1.03 bits per heavy atom. The van der Waals surface area contributed by atoms with Crippen molar-refractivity contribution in [1.82, 2.24) is 10.2 Å². The normalized spacial score (nSPS) is 17.2. The summed E-state index contributed by atoms with van der Waals surface area (Å²) in [6, 6.07) is 14.7. The maximum Gasteiger partial charge on any atom is 0.261 e. The topological polar surface area (TPSA) is 84.9 Å². The third-order valence-corrected chi connectivity index (χ3v) is 6.42. The van der Waals surface area contributed by atoms with E-state index in [0.29, 0.717) is 37.3 Å². The zero-order valence-corrected chi connectivity index (χ0v) is 18.3. The van der Waals surface area contributed by atoms with Gasteiger partial charge in [-0.05, 0) is 37.5 Å². The number of nitrogens with zero attached hydrogens (tertiary/aromatic N) is 1. The number of carbonyl (C=O) groups excluding carboxylic acids is 3. The molecule has 1 saturated heterocycles. The monoisotopic (exact) mass is 436 g/mol. The van der Waals surface area contributed by atoms with Crippen molar-refractivity contribution >= 4 is 17.7 Å². The molecule has 7 heteroatoms. The Labute approximate surface area is 187 Å². The van der Waals surface area contributed by atoms with Crippen LogP contribution >= 0.6 is 0 Å². The van der Waals surface area contributed by atoms with Gasteiger partial charge in [-0.3, -0.25) is 19.3 Å². The van der Waals surface area contributed by atoms with E-state index < -0.39 is 0 Å². The number of hydrogen-bond donors (Lipinski definition) is 1. The SMILES string of the molecule is COc1ccccc1C1(CNC(=O)CCCN2C(=O)c3ccccc3C2=O)CCOCC1. The molecule has 2 aromatic carbocycles. The maximum atomic E-state index is 12.6. The molecule has 0 aliphatic carbocycles. The number of benzene rings is 2. The fourth-order valence-corrected chi connectivity index (χ4v) is 4.58. The lowest BCUT2D eigenvalue weighted by atomic mass is 9.73. The minimum absolute atomic E-state index is 0.0950. The smallest absolute Gasteiger partial charge is 0.261 e. The average molecular weight is 437 g/mol. The number of methoxy groups -OCH3 is 1. The van der Waals surface area contributed by atoms with Crippen molar-refractivity contribution in [1.29, 1.82) is 0 Å². The van der Waals surface area contributed by atoms with Gasteiger partial charge in [0.05, 0.1) is 18.2 Å². The van der Waals surface area contributed by atoms with Gasteiger partial charge < -0.3 is 14.8 Å². The second kappa shape index (κ2) is 9.53.